The van der Waals surface area contributed by atoms with E-state index in [2.05, 4.69) is 55.2 Å². The van der Waals surface area contributed by atoms with E-state index in [1.807, 2.05) is 0 Å². The maximum absolute atomic E-state index is 13.1. The second kappa shape index (κ2) is 6.39. The van der Waals surface area contributed by atoms with Gasteiger partial charge in [0.15, 0.2) is 0 Å². The predicted molar refractivity (Wildman–Crippen MR) is 104 cm³/mol. The van der Waals surface area contributed by atoms with E-state index in [1.165, 1.54) is 16.0 Å². The highest BCUT2D eigenvalue weighted by Gasteiger charge is 2.26. The number of hydrogen-bond donors (Lipinski definition) is 0. The van der Waals surface area contributed by atoms with Crippen LogP contribution in [0.2, 0.25) is 0 Å². The predicted octanol–water partition coefficient (Wildman–Crippen LogP) is 3.23. The van der Waals surface area contributed by atoms with Gasteiger partial charge in [-0.15, -0.1) is 11.3 Å². The normalized spacial score (nSPS) is 17.2. The maximum Gasteiger partial charge on any atom is 0.262 e. The minimum atomic E-state index is 0.103. The monoisotopic (exact) mass is 353 g/mol. The molecule has 0 N–H and O–H groups in total. The summed E-state index contributed by atoms with van der Waals surface area (Å²) in [6.45, 7) is 2.65. The molecular weight excluding hydrogens is 330 g/mol. The molecule has 5 heteroatoms. The molecule has 2 aromatic heterocycles. The second-order valence-electron chi connectivity index (χ2n) is 7.21. The van der Waals surface area contributed by atoms with E-state index in [0.717, 1.165) is 35.0 Å². The molecule has 1 atom stereocenters. The van der Waals surface area contributed by atoms with Crippen molar-refractivity contribution in [2.75, 3.05) is 14.1 Å². The van der Waals surface area contributed by atoms with Gasteiger partial charge in [0.25, 0.3) is 5.56 Å². The minimum absolute atomic E-state index is 0.103. The highest BCUT2D eigenvalue weighted by Crippen LogP contribution is 2.34. The van der Waals surface area contributed by atoms with Crippen molar-refractivity contribution in [3.63, 3.8) is 0 Å². The lowest BCUT2D eigenvalue weighted by Gasteiger charge is -2.27. The van der Waals surface area contributed by atoms with Crippen LogP contribution in [0.1, 0.15) is 28.0 Å². The largest absolute Gasteiger partial charge is 0.306 e. The summed E-state index contributed by atoms with van der Waals surface area (Å²) in [5.74, 6) is 0. The van der Waals surface area contributed by atoms with Gasteiger partial charge in [0, 0.05) is 10.9 Å². The third-order valence-electron chi connectivity index (χ3n) is 5.21. The van der Waals surface area contributed by atoms with Gasteiger partial charge in [0.2, 0.25) is 0 Å². The van der Waals surface area contributed by atoms with E-state index in [1.54, 1.807) is 22.2 Å². The standard InChI is InChI=1S/C20H23N3OS/c1-13-4-6-14(7-5-13)11-23-12-21-19-18(20(23)24)16-9-8-15(22(2)3)10-17(16)25-19/h4-7,12,15H,8-11H2,1-3H3. The number of thiophene rings is 1. The molecule has 1 aliphatic carbocycles. The van der Waals surface area contributed by atoms with Crippen LogP contribution < -0.4 is 5.56 Å². The molecule has 2 heterocycles. The Hall–Kier alpha value is -1.98. The molecule has 4 nitrogen and oxygen atoms in total. The fourth-order valence-corrected chi connectivity index (χ4v) is 4.88. The molecule has 1 aliphatic rings. The Kier molecular flexibility index (Phi) is 4.21. The molecule has 25 heavy (non-hydrogen) atoms. The molecular formula is C20H23N3OS. The molecule has 0 radical (unpaired) electrons. The van der Waals surface area contributed by atoms with Gasteiger partial charge in [-0.2, -0.15) is 0 Å². The lowest BCUT2D eigenvalue weighted by molar-refractivity contribution is 0.270. The average molecular weight is 353 g/mol. The number of fused-ring (bicyclic) bond motifs is 3. The first-order chi connectivity index (χ1) is 12.0. The molecule has 0 amide bonds. The van der Waals surface area contributed by atoms with Crippen LogP contribution in [0, 0.1) is 6.92 Å². The zero-order valence-electron chi connectivity index (χ0n) is 15.0. The third kappa shape index (κ3) is 3.02. The molecule has 4 rings (SSSR count). The van der Waals surface area contributed by atoms with Gasteiger partial charge in [-0.3, -0.25) is 9.36 Å². The molecule has 0 saturated heterocycles. The Labute approximate surface area is 151 Å². The Morgan fingerprint density at radius 1 is 1.28 bits per heavy atom. The fourth-order valence-electron chi connectivity index (χ4n) is 3.63. The van der Waals surface area contributed by atoms with E-state index < -0.39 is 0 Å². The van der Waals surface area contributed by atoms with Crippen molar-refractivity contribution in [1.82, 2.24) is 14.5 Å². The topological polar surface area (TPSA) is 38.1 Å². The summed E-state index contributed by atoms with van der Waals surface area (Å²) in [5, 5.41) is 0.854. The van der Waals surface area contributed by atoms with Gasteiger partial charge in [-0.1, -0.05) is 29.8 Å². The van der Waals surface area contributed by atoms with Crippen molar-refractivity contribution in [2.45, 2.75) is 38.8 Å². The summed E-state index contributed by atoms with van der Waals surface area (Å²) < 4.78 is 1.75. The summed E-state index contributed by atoms with van der Waals surface area (Å²) in [4.78, 5) is 22.2. The lowest BCUT2D eigenvalue weighted by Crippen LogP contribution is -2.33. The van der Waals surface area contributed by atoms with Gasteiger partial charge in [-0.05, 0) is 51.4 Å². The summed E-state index contributed by atoms with van der Waals surface area (Å²) in [5.41, 5.74) is 3.71. The summed E-state index contributed by atoms with van der Waals surface area (Å²) >= 11 is 1.70. The molecule has 3 aromatic rings. The molecule has 0 spiro atoms. The van der Waals surface area contributed by atoms with Crippen molar-refractivity contribution in [1.29, 1.82) is 0 Å². The highest BCUT2D eigenvalue weighted by molar-refractivity contribution is 7.18. The van der Waals surface area contributed by atoms with Crippen LogP contribution in [0.4, 0.5) is 0 Å². The number of hydrogen-bond acceptors (Lipinski definition) is 4. The van der Waals surface area contributed by atoms with E-state index >= 15 is 0 Å². The molecule has 1 unspecified atom stereocenters. The van der Waals surface area contributed by atoms with Crippen LogP contribution >= 0.6 is 11.3 Å². The number of aromatic nitrogens is 2. The number of likely N-dealkylation sites (N-methyl/N-ethyl adjacent to an activating group) is 1. The SMILES string of the molecule is Cc1ccc(Cn2cnc3sc4c(c3c2=O)CCC(N(C)C)C4)cc1. The van der Waals surface area contributed by atoms with Crippen molar-refractivity contribution >= 4 is 21.6 Å². The van der Waals surface area contributed by atoms with Crippen molar-refractivity contribution < 1.29 is 0 Å². The second-order valence-corrected chi connectivity index (χ2v) is 8.29. The average Bonchev–Trinajstić information content (AvgIpc) is 2.97. The van der Waals surface area contributed by atoms with Gasteiger partial charge in [-0.25, -0.2) is 4.98 Å². The number of nitrogens with zero attached hydrogens (tertiary/aromatic N) is 3. The zero-order valence-corrected chi connectivity index (χ0v) is 15.8. The van der Waals surface area contributed by atoms with Crippen LogP contribution in [0.3, 0.4) is 0 Å². The molecule has 0 bridgehead atoms. The van der Waals surface area contributed by atoms with E-state index in [9.17, 15) is 4.79 Å². The molecule has 0 saturated carbocycles. The van der Waals surface area contributed by atoms with E-state index in [-0.39, 0.29) is 5.56 Å². The zero-order chi connectivity index (χ0) is 17.6. The third-order valence-corrected chi connectivity index (χ3v) is 6.38. The van der Waals surface area contributed by atoms with Crippen LogP contribution in [0.5, 0.6) is 0 Å². The van der Waals surface area contributed by atoms with Crippen molar-refractivity contribution in [3.8, 4) is 0 Å². The summed E-state index contributed by atoms with van der Waals surface area (Å²) in [7, 11) is 4.27. The number of aryl methyl sites for hydroxylation is 2. The first-order valence-electron chi connectivity index (χ1n) is 8.74. The smallest absolute Gasteiger partial charge is 0.262 e. The van der Waals surface area contributed by atoms with Crippen molar-refractivity contribution in [2.24, 2.45) is 0 Å². The minimum Gasteiger partial charge on any atom is -0.306 e. The highest BCUT2D eigenvalue weighted by atomic mass is 32.1. The van der Waals surface area contributed by atoms with Crippen LogP contribution in [-0.2, 0) is 19.4 Å². The number of rotatable bonds is 3. The van der Waals surface area contributed by atoms with Crippen LogP contribution in [0.15, 0.2) is 35.4 Å². The van der Waals surface area contributed by atoms with Gasteiger partial charge < -0.3 is 4.90 Å². The van der Waals surface area contributed by atoms with Gasteiger partial charge in [0.1, 0.15) is 4.83 Å². The molecule has 0 aliphatic heterocycles. The summed E-state index contributed by atoms with van der Waals surface area (Å²) in [6.07, 6.45) is 4.82. The Bertz CT molecular complexity index is 969. The van der Waals surface area contributed by atoms with Gasteiger partial charge in [0.05, 0.1) is 18.3 Å². The first-order valence-corrected chi connectivity index (χ1v) is 9.56. The quantitative estimate of drug-likeness (QED) is 0.725. The van der Waals surface area contributed by atoms with Gasteiger partial charge >= 0.3 is 0 Å². The Balaban J connectivity index is 1.73. The van der Waals surface area contributed by atoms with E-state index in [4.69, 9.17) is 0 Å². The number of benzene rings is 1. The Morgan fingerprint density at radius 2 is 2.04 bits per heavy atom. The van der Waals surface area contributed by atoms with E-state index in [0.29, 0.717) is 12.6 Å². The molecule has 0 fully saturated rings. The fraction of sp³-hybridized carbons (Fsp3) is 0.400. The molecule has 1 aromatic carbocycles. The summed E-state index contributed by atoms with van der Waals surface area (Å²) in [6, 6.07) is 8.89. The van der Waals surface area contributed by atoms with Crippen molar-refractivity contribution in [3.05, 3.63) is 62.5 Å². The Morgan fingerprint density at radius 3 is 2.76 bits per heavy atom. The van der Waals surface area contributed by atoms with Crippen LogP contribution in [0.25, 0.3) is 10.2 Å². The lowest BCUT2D eigenvalue weighted by atomic mass is 9.92. The molecule has 130 valence electrons. The maximum atomic E-state index is 13.1. The first kappa shape index (κ1) is 16.5. The van der Waals surface area contributed by atoms with Crippen LogP contribution in [-0.4, -0.2) is 34.6 Å².